The van der Waals surface area contributed by atoms with Gasteiger partial charge in [-0.25, -0.2) is 0 Å². The Balaban J connectivity index is 2.28. The van der Waals surface area contributed by atoms with E-state index in [2.05, 4.69) is 11.9 Å². The monoisotopic (exact) mass is 204 g/mol. The number of hydrogen-bond acceptors (Lipinski definition) is 2. The molecule has 0 N–H and O–H groups in total. The van der Waals surface area contributed by atoms with Gasteiger partial charge in [0.2, 0.25) is 5.91 Å². The van der Waals surface area contributed by atoms with Gasteiger partial charge in [-0.05, 0) is 25.9 Å². The van der Waals surface area contributed by atoms with Crippen LogP contribution in [0.2, 0.25) is 0 Å². The second-order valence-electron chi connectivity index (χ2n) is 3.82. The third-order valence-corrected chi connectivity index (χ3v) is 2.79. The first-order valence-electron chi connectivity index (χ1n) is 4.62. The molecule has 0 aromatic carbocycles. The largest absolute Gasteiger partial charge is 0.344 e. The van der Waals surface area contributed by atoms with E-state index in [1.54, 1.807) is 4.90 Å². The number of carbonyl (C=O) groups is 1. The van der Waals surface area contributed by atoms with Gasteiger partial charge < -0.3 is 9.80 Å². The number of hydrogen-bond donors (Lipinski definition) is 0. The van der Waals surface area contributed by atoms with Crippen molar-refractivity contribution in [1.29, 1.82) is 0 Å². The molecule has 0 saturated carbocycles. The summed E-state index contributed by atoms with van der Waals surface area (Å²) in [5, 5.41) is 0. The lowest BCUT2D eigenvalue weighted by Gasteiger charge is -2.20. The zero-order chi connectivity index (χ0) is 9.84. The highest BCUT2D eigenvalue weighted by Crippen LogP contribution is 2.15. The first kappa shape index (κ1) is 10.8. The second kappa shape index (κ2) is 4.82. The van der Waals surface area contributed by atoms with Crippen molar-refractivity contribution >= 4 is 17.5 Å². The van der Waals surface area contributed by atoms with E-state index in [1.807, 2.05) is 7.05 Å². The van der Waals surface area contributed by atoms with Crippen LogP contribution in [0, 0.1) is 5.92 Å². The van der Waals surface area contributed by atoms with Gasteiger partial charge in [0.1, 0.15) is 5.88 Å². The number of amides is 1. The summed E-state index contributed by atoms with van der Waals surface area (Å²) >= 11 is 5.46. The number of rotatable bonds is 3. The lowest BCUT2D eigenvalue weighted by atomic mass is 10.1. The SMILES string of the molecule is CN1CC[C@@H](CN(C)C(=O)CCl)C1. The van der Waals surface area contributed by atoms with E-state index in [0.717, 1.165) is 19.6 Å². The van der Waals surface area contributed by atoms with Crippen molar-refractivity contribution in [2.24, 2.45) is 5.92 Å². The van der Waals surface area contributed by atoms with Crippen molar-refractivity contribution in [3.05, 3.63) is 0 Å². The number of likely N-dealkylation sites (tertiary alicyclic amines) is 1. The quantitative estimate of drug-likeness (QED) is 0.630. The van der Waals surface area contributed by atoms with E-state index in [-0.39, 0.29) is 11.8 Å². The van der Waals surface area contributed by atoms with Crippen molar-refractivity contribution in [3.63, 3.8) is 0 Å². The molecule has 0 aromatic rings. The standard InChI is InChI=1S/C9H17ClN2O/c1-11-4-3-8(6-11)7-12(2)9(13)5-10/h8H,3-7H2,1-2H3/t8-/m1/s1. The minimum absolute atomic E-state index is 0.0243. The molecule has 0 unspecified atom stereocenters. The van der Waals surface area contributed by atoms with Crippen LogP contribution in [-0.4, -0.2) is 55.3 Å². The van der Waals surface area contributed by atoms with Crippen LogP contribution in [0.3, 0.4) is 0 Å². The van der Waals surface area contributed by atoms with Crippen molar-refractivity contribution in [2.75, 3.05) is 39.6 Å². The number of halogens is 1. The summed E-state index contributed by atoms with van der Waals surface area (Å²) in [6.07, 6.45) is 1.19. The number of nitrogens with zero attached hydrogens (tertiary/aromatic N) is 2. The number of alkyl halides is 1. The molecule has 0 aliphatic carbocycles. The molecular formula is C9H17ClN2O. The molecule has 1 amide bonds. The van der Waals surface area contributed by atoms with E-state index in [9.17, 15) is 4.79 Å². The van der Waals surface area contributed by atoms with Crippen molar-refractivity contribution in [2.45, 2.75) is 6.42 Å². The Morgan fingerprint density at radius 1 is 1.69 bits per heavy atom. The Hall–Kier alpha value is -0.280. The zero-order valence-electron chi connectivity index (χ0n) is 8.29. The van der Waals surface area contributed by atoms with Crippen molar-refractivity contribution in [3.8, 4) is 0 Å². The van der Waals surface area contributed by atoms with E-state index < -0.39 is 0 Å². The molecule has 1 saturated heterocycles. The fourth-order valence-corrected chi connectivity index (χ4v) is 1.97. The highest BCUT2D eigenvalue weighted by atomic mass is 35.5. The van der Waals surface area contributed by atoms with Crippen LogP contribution in [0.1, 0.15) is 6.42 Å². The lowest BCUT2D eigenvalue weighted by Crippen LogP contribution is -2.33. The van der Waals surface area contributed by atoms with Gasteiger partial charge in [0, 0.05) is 20.1 Å². The maximum Gasteiger partial charge on any atom is 0.237 e. The van der Waals surface area contributed by atoms with E-state index in [1.165, 1.54) is 6.42 Å². The van der Waals surface area contributed by atoms with Crippen LogP contribution in [0.15, 0.2) is 0 Å². The van der Waals surface area contributed by atoms with Gasteiger partial charge in [-0.3, -0.25) is 4.79 Å². The Morgan fingerprint density at radius 2 is 2.38 bits per heavy atom. The molecule has 3 nitrogen and oxygen atoms in total. The van der Waals surface area contributed by atoms with Crippen LogP contribution in [0.25, 0.3) is 0 Å². The third kappa shape index (κ3) is 3.16. The van der Waals surface area contributed by atoms with Crippen molar-refractivity contribution in [1.82, 2.24) is 9.80 Å². The van der Waals surface area contributed by atoms with Gasteiger partial charge in [-0.15, -0.1) is 11.6 Å². The first-order chi connectivity index (χ1) is 6.13. The first-order valence-corrected chi connectivity index (χ1v) is 5.15. The molecule has 0 radical (unpaired) electrons. The molecule has 13 heavy (non-hydrogen) atoms. The van der Waals surface area contributed by atoms with Crippen LogP contribution in [-0.2, 0) is 4.79 Å². The topological polar surface area (TPSA) is 23.6 Å². The summed E-state index contributed by atoms with van der Waals surface area (Å²) in [6, 6.07) is 0. The highest BCUT2D eigenvalue weighted by molar-refractivity contribution is 6.27. The summed E-state index contributed by atoms with van der Waals surface area (Å²) in [6.45, 7) is 3.09. The summed E-state index contributed by atoms with van der Waals surface area (Å²) in [5.74, 6) is 0.748. The molecule has 0 spiro atoms. The lowest BCUT2D eigenvalue weighted by molar-refractivity contribution is -0.127. The fourth-order valence-electron chi connectivity index (χ4n) is 1.77. The summed E-state index contributed by atoms with van der Waals surface area (Å²) in [4.78, 5) is 15.2. The molecule has 1 rings (SSSR count). The second-order valence-corrected chi connectivity index (χ2v) is 4.09. The van der Waals surface area contributed by atoms with Gasteiger partial charge in [-0.2, -0.15) is 0 Å². The molecule has 0 aromatic heterocycles. The maximum atomic E-state index is 11.2. The Bertz CT molecular complexity index is 186. The average molecular weight is 205 g/mol. The van der Waals surface area contributed by atoms with Crippen LogP contribution >= 0.6 is 11.6 Å². The molecule has 1 fully saturated rings. The average Bonchev–Trinajstić information content (AvgIpc) is 2.49. The van der Waals surface area contributed by atoms with Gasteiger partial charge in [0.25, 0.3) is 0 Å². The molecule has 76 valence electrons. The zero-order valence-corrected chi connectivity index (χ0v) is 9.05. The Labute approximate surface area is 84.6 Å². The van der Waals surface area contributed by atoms with E-state index >= 15 is 0 Å². The van der Waals surface area contributed by atoms with Gasteiger partial charge in [-0.1, -0.05) is 0 Å². The third-order valence-electron chi connectivity index (χ3n) is 2.56. The molecular weight excluding hydrogens is 188 g/mol. The number of carbonyl (C=O) groups excluding carboxylic acids is 1. The molecule has 1 aliphatic heterocycles. The Morgan fingerprint density at radius 3 is 2.85 bits per heavy atom. The van der Waals surface area contributed by atoms with Crippen LogP contribution in [0.5, 0.6) is 0 Å². The smallest absolute Gasteiger partial charge is 0.237 e. The van der Waals surface area contributed by atoms with Crippen LogP contribution < -0.4 is 0 Å². The van der Waals surface area contributed by atoms with Gasteiger partial charge in [0.15, 0.2) is 0 Å². The van der Waals surface area contributed by atoms with E-state index in [0.29, 0.717) is 5.92 Å². The maximum absolute atomic E-state index is 11.2. The molecule has 1 heterocycles. The normalized spacial score (nSPS) is 23.5. The van der Waals surface area contributed by atoms with Gasteiger partial charge in [0.05, 0.1) is 0 Å². The van der Waals surface area contributed by atoms with Crippen molar-refractivity contribution < 1.29 is 4.79 Å². The fraction of sp³-hybridized carbons (Fsp3) is 0.889. The predicted octanol–water partition coefficient (Wildman–Crippen LogP) is 0.635. The predicted molar refractivity (Wildman–Crippen MR) is 54.0 cm³/mol. The minimum Gasteiger partial charge on any atom is -0.344 e. The Kier molecular flexibility index (Phi) is 4.00. The molecule has 4 heteroatoms. The minimum atomic E-state index is 0.0243. The highest BCUT2D eigenvalue weighted by Gasteiger charge is 2.21. The summed E-state index contributed by atoms with van der Waals surface area (Å²) in [5.41, 5.74) is 0. The molecule has 1 atom stereocenters. The molecule has 0 bridgehead atoms. The van der Waals surface area contributed by atoms with E-state index in [4.69, 9.17) is 11.6 Å². The summed E-state index contributed by atoms with van der Waals surface area (Å²) in [7, 11) is 3.94. The summed E-state index contributed by atoms with van der Waals surface area (Å²) < 4.78 is 0. The van der Waals surface area contributed by atoms with Crippen LogP contribution in [0.4, 0.5) is 0 Å². The van der Waals surface area contributed by atoms with Gasteiger partial charge >= 0.3 is 0 Å². The molecule has 1 aliphatic rings.